The molecule has 0 saturated heterocycles. The van der Waals surface area contributed by atoms with Gasteiger partial charge in [0.2, 0.25) is 0 Å². The van der Waals surface area contributed by atoms with Gasteiger partial charge in [0.1, 0.15) is 0 Å². The fourth-order valence-corrected chi connectivity index (χ4v) is 2.98. The first kappa shape index (κ1) is 15.0. The van der Waals surface area contributed by atoms with Crippen LogP contribution in [0.5, 0.6) is 0 Å². The first-order valence-electron chi connectivity index (χ1n) is 7.06. The van der Waals surface area contributed by atoms with Gasteiger partial charge >= 0.3 is 0 Å². The second kappa shape index (κ2) is 6.85. The van der Waals surface area contributed by atoms with Crippen molar-refractivity contribution >= 4 is 18.3 Å². The molecular formula is C18H23NS. The van der Waals surface area contributed by atoms with Crippen LogP contribution in [0.15, 0.2) is 48.5 Å². The van der Waals surface area contributed by atoms with E-state index in [0.717, 1.165) is 12.3 Å². The molecule has 2 aromatic rings. The van der Waals surface area contributed by atoms with Crippen molar-refractivity contribution in [1.29, 1.82) is 0 Å². The summed E-state index contributed by atoms with van der Waals surface area (Å²) < 4.78 is 0. The summed E-state index contributed by atoms with van der Waals surface area (Å²) >= 11 is 4.53. The predicted octanol–water partition coefficient (Wildman–Crippen LogP) is 4.45. The van der Waals surface area contributed by atoms with Crippen molar-refractivity contribution in [3.63, 3.8) is 0 Å². The second-order valence-corrected chi connectivity index (χ2v) is 5.83. The van der Waals surface area contributed by atoms with Crippen molar-refractivity contribution in [2.24, 2.45) is 0 Å². The van der Waals surface area contributed by atoms with Crippen LogP contribution in [0.4, 0.5) is 5.69 Å². The second-order valence-electron chi connectivity index (χ2n) is 5.46. The summed E-state index contributed by atoms with van der Waals surface area (Å²) in [5.41, 5.74) is 5.31. The number of aryl methyl sites for hydroxylation is 2. The first-order chi connectivity index (χ1) is 9.61. The van der Waals surface area contributed by atoms with Gasteiger partial charge in [-0.3, -0.25) is 0 Å². The lowest BCUT2D eigenvalue weighted by atomic mass is 10.00. The minimum Gasteiger partial charge on any atom is -0.374 e. The molecule has 0 spiro atoms. The third-order valence-corrected chi connectivity index (χ3v) is 4.19. The van der Waals surface area contributed by atoms with Crippen LogP contribution in [0.25, 0.3) is 0 Å². The molecule has 1 atom stereocenters. The number of thiol groups is 1. The summed E-state index contributed by atoms with van der Waals surface area (Å²) in [6, 6.07) is 17.3. The molecule has 0 saturated carbocycles. The normalized spacial score (nSPS) is 12.2. The standard InChI is InChI=1S/C18H23NS/c1-14-9-10-18(15(2)11-14)19(3)12-17(13-20)16-7-5-4-6-8-16/h4-11,17,20H,12-13H2,1-3H3. The SMILES string of the molecule is Cc1ccc(N(C)CC(CS)c2ccccc2)c(C)c1. The Morgan fingerprint density at radius 3 is 2.35 bits per heavy atom. The zero-order valence-corrected chi connectivity index (χ0v) is 13.4. The highest BCUT2D eigenvalue weighted by molar-refractivity contribution is 7.80. The van der Waals surface area contributed by atoms with Crippen molar-refractivity contribution in [3.05, 3.63) is 65.2 Å². The van der Waals surface area contributed by atoms with E-state index >= 15 is 0 Å². The number of benzene rings is 2. The molecule has 1 unspecified atom stereocenters. The van der Waals surface area contributed by atoms with Crippen molar-refractivity contribution in [2.45, 2.75) is 19.8 Å². The van der Waals surface area contributed by atoms with E-state index in [4.69, 9.17) is 0 Å². The summed E-state index contributed by atoms with van der Waals surface area (Å²) in [6.45, 7) is 5.30. The van der Waals surface area contributed by atoms with Gasteiger partial charge in [-0.2, -0.15) is 12.6 Å². The van der Waals surface area contributed by atoms with Gasteiger partial charge in [0.15, 0.2) is 0 Å². The number of rotatable bonds is 5. The summed E-state index contributed by atoms with van der Waals surface area (Å²) in [6.07, 6.45) is 0. The molecule has 2 rings (SSSR count). The Morgan fingerprint density at radius 2 is 1.75 bits per heavy atom. The average molecular weight is 285 g/mol. The molecule has 1 nitrogen and oxygen atoms in total. The predicted molar refractivity (Wildman–Crippen MR) is 92.2 cm³/mol. The van der Waals surface area contributed by atoms with Gasteiger partial charge in [0.05, 0.1) is 0 Å². The number of nitrogens with zero attached hydrogens (tertiary/aromatic N) is 1. The van der Waals surface area contributed by atoms with E-state index in [1.54, 1.807) is 0 Å². The number of likely N-dealkylation sites (N-methyl/N-ethyl adjacent to an activating group) is 1. The van der Waals surface area contributed by atoms with Crippen molar-refractivity contribution < 1.29 is 0 Å². The van der Waals surface area contributed by atoms with Gasteiger partial charge in [-0.05, 0) is 36.8 Å². The lowest BCUT2D eigenvalue weighted by Crippen LogP contribution is -2.25. The van der Waals surface area contributed by atoms with E-state index < -0.39 is 0 Å². The lowest BCUT2D eigenvalue weighted by Gasteiger charge is -2.26. The van der Waals surface area contributed by atoms with E-state index in [1.165, 1.54) is 22.4 Å². The van der Waals surface area contributed by atoms with E-state index in [0.29, 0.717) is 5.92 Å². The summed E-state index contributed by atoms with van der Waals surface area (Å²) in [4.78, 5) is 2.34. The molecule has 0 aliphatic heterocycles. The third kappa shape index (κ3) is 3.57. The highest BCUT2D eigenvalue weighted by Crippen LogP contribution is 2.24. The van der Waals surface area contributed by atoms with Gasteiger partial charge in [-0.15, -0.1) is 0 Å². The first-order valence-corrected chi connectivity index (χ1v) is 7.69. The minimum absolute atomic E-state index is 0.449. The van der Waals surface area contributed by atoms with E-state index in [9.17, 15) is 0 Å². The molecule has 0 bridgehead atoms. The van der Waals surface area contributed by atoms with Crippen LogP contribution >= 0.6 is 12.6 Å². The van der Waals surface area contributed by atoms with Crippen LogP contribution in [-0.4, -0.2) is 19.3 Å². The maximum atomic E-state index is 4.53. The Balaban J connectivity index is 2.15. The lowest BCUT2D eigenvalue weighted by molar-refractivity contribution is 0.743. The van der Waals surface area contributed by atoms with Crippen LogP contribution in [0.3, 0.4) is 0 Å². The quantitative estimate of drug-likeness (QED) is 0.794. The topological polar surface area (TPSA) is 3.24 Å². The summed E-state index contributed by atoms with van der Waals surface area (Å²) in [5, 5.41) is 0. The fourth-order valence-electron chi connectivity index (χ4n) is 2.66. The maximum absolute atomic E-state index is 4.53. The van der Waals surface area contributed by atoms with E-state index in [-0.39, 0.29) is 0 Å². The summed E-state index contributed by atoms with van der Waals surface area (Å²) in [5.74, 6) is 1.31. The molecule has 0 aliphatic carbocycles. The molecule has 2 heteroatoms. The molecular weight excluding hydrogens is 262 g/mol. The van der Waals surface area contributed by atoms with Gasteiger partial charge in [0, 0.05) is 25.2 Å². The number of hydrogen-bond acceptors (Lipinski definition) is 2. The van der Waals surface area contributed by atoms with Crippen molar-refractivity contribution in [3.8, 4) is 0 Å². The molecule has 106 valence electrons. The van der Waals surface area contributed by atoms with Crippen LogP contribution < -0.4 is 4.90 Å². The molecule has 0 aromatic heterocycles. The molecule has 0 N–H and O–H groups in total. The highest BCUT2D eigenvalue weighted by Gasteiger charge is 2.14. The molecule has 20 heavy (non-hydrogen) atoms. The van der Waals surface area contributed by atoms with Crippen LogP contribution in [0.2, 0.25) is 0 Å². The van der Waals surface area contributed by atoms with Gasteiger partial charge in [-0.25, -0.2) is 0 Å². The zero-order valence-electron chi connectivity index (χ0n) is 12.5. The molecule has 0 amide bonds. The molecule has 0 heterocycles. The Bertz CT molecular complexity index is 551. The Kier molecular flexibility index (Phi) is 5.13. The van der Waals surface area contributed by atoms with Crippen LogP contribution in [0.1, 0.15) is 22.6 Å². The zero-order chi connectivity index (χ0) is 14.5. The van der Waals surface area contributed by atoms with Gasteiger partial charge in [0.25, 0.3) is 0 Å². The Labute approximate surface area is 128 Å². The maximum Gasteiger partial charge on any atom is 0.0393 e. The molecule has 0 fully saturated rings. The molecule has 0 radical (unpaired) electrons. The number of hydrogen-bond donors (Lipinski definition) is 1. The van der Waals surface area contributed by atoms with E-state index in [2.05, 4.69) is 87.0 Å². The molecule has 2 aromatic carbocycles. The minimum atomic E-state index is 0.449. The Morgan fingerprint density at radius 1 is 1.05 bits per heavy atom. The molecule has 0 aliphatic rings. The van der Waals surface area contributed by atoms with E-state index in [1.807, 2.05) is 0 Å². The highest BCUT2D eigenvalue weighted by atomic mass is 32.1. The van der Waals surface area contributed by atoms with Crippen molar-refractivity contribution in [2.75, 3.05) is 24.2 Å². The average Bonchev–Trinajstić information content (AvgIpc) is 2.45. The third-order valence-electron chi connectivity index (χ3n) is 3.75. The monoisotopic (exact) mass is 285 g/mol. The van der Waals surface area contributed by atoms with Gasteiger partial charge < -0.3 is 4.90 Å². The van der Waals surface area contributed by atoms with Crippen molar-refractivity contribution in [1.82, 2.24) is 0 Å². The fraction of sp³-hybridized carbons (Fsp3) is 0.333. The summed E-state index contributed by atoms with van der Waals surface area (Å²) in [7, 11) is 2.16. The van der Waals surface area contributed by atoms with Gasteiger partial charge in [-0.1, -0.05) is 48.0 Å². The largest absolute Gasteiger partial charge is 0.374 e. The number of anilines is 1. The van der Waals surface area contributed by atoms with Crippen LogP contribution in [-0.2, 0) is 0 Å². The van der Waals surface area contributed by atoms with Crippen LogP contribution in [0, 0.1) is 13.8 Å². The Hall–Kier alpha value is -1.41. The smallest absolute Gasteiger partial charge is 0.0393 e.